The van der Waals surface area contributed by atoms with Crippen molar-refractivity contribution >= 4 is 29.3 Å². The standard InChI is InChI=1S/C25H22ClFN4O2S/c1-16(24(32)28-15-17-7-11-19(27)12-8-17)34-25-30-29-23(21-5-3-4-6-22(21)33-2)31(25)20-13-9-18(26)10-14-20/h3-14,16H,15H2,1-2H3,(H,28,32). The van der Waals surface area contributed by atoms with Crippen LogP contribution in [0.3, 0.4) is 0 Å². The van der Waals surface area contributed by atoms with Gasteiger partial charge in [-0.15, -0.1) is 10.2 Å². The zero-order valence-electron chi connectivity index (χ0n) is 18.5. The van der Waals surface area contributed by atoms with Gasteiger partial charge in [-0.2, -0.15) is 0 Å². The highest BCUT2D eigenvalue weighted by Crippen LogP contribution is 2.34. The van der Waals surface area contributed by atoms with Gasteiger partial charge in [0.2, 0.25) is 5.91 Å². The number of methoxy groups -OCH3 is 1. The summed E-state index contributed by atoms with van der Waals surface area (Å²) in [6.07, 6.45) is 0. The number of amides is 1. The summed E-state index contributed by atoms with van der Waals surface area (Å²) in [5.74, 6) is 0.762. The molecule has 1 aromatic heterocycles. The van der Waals surface area contributed by atoms with Crippen LogP contribution in [-0.2, 0) is 11.3 Å². The number of carbonyl (C=O) groups excluding carboxylic acids is 1. The van der Waals surface area contributed by atoms with Gasteiger partial charge in [0, 0.05) is 17.3 Å². The molecule has 0 bridgehead atoms. The molecule has 34 heavy (non-hydrogen) atoms. The van der Waals surface area contributed by atoms with Gasteiger partial charge in [-0.05, 0) is 61.0 Å². The maximum atomic E-state index is 13.1. The molecule has 3 aromatic carbocycles. The van der Waals surface area contributed by atoms with E-state index < -0.39 is 5.25 Å². The molecule has 4 rings (SSSR count). The second-order valence-corrected chi connectivity index (χ2v) is 9.17. The van der Waals surface area contributed by atoms with E-state index in [-0.39, 0.29) is 11.7 Å². The Bertz CT molecular complexity index is 1280. The Morgan fingerprint density at radius 1 is 1.09 bits per heavy atom. The van der Waals surface area contributed by atoms with E-state index in [4.69, 9.17) is 16.3 Å². The van der Waals surface area contributed by atoms with Gasteiger partial charge < -0.3 is 10.1 Å². The average molecular weight is 497 g/mol. The zero-order chi connectivity index (χ0) is 24.1. The summed E-state index contributed by atoms with van der Waals surface area (Å²) in [7, 11) is 1.60. The number of carbonyl (C=O) groups is 1. The van der Waals surface area contributed by atoms with Crippen LogP contribution in [0.2, 0.25) is 5.02 Å². The van der Waals surface area contributed by atoms with Crippen molar-refractivity contribution in [1.29, 1.82) is 0 Å². The lowest BCUT2D eigenvalue weighted by molar-refractivity contribution is -0.120. The fraction of sp³-hybridized carbons (Fsp3) is 0.160. The molecule has 9 heteroatoms. The molecule has 1 heterocycles. The number of aromatic nitrogens is 3. The Morgan fingerprint density at radius 3 is 2.50 bits per heavy atom. The van der Waals surface area contributed by atoms with Crippen LogP contribution in [0.25, 0.3) is 17.1 Å². The van der Waals surface area contributed by atoms with Gasteiger partial charge in [-0.25, -0.2) is 4.39 Å². The summed E-state index contributed by atoms with van der Waals surface area (Å²) in [4.78, 5) is 12.8. The Balaban J connectivity index is 1.61. The van der Waals surface area contributed by atoms with Crippen LogP contribution < -0.4 is 10.1 Å². The van der Waals surface area contributed by atoms with E-state index >= 15 is 0 Å². The molecule has 0 saturated heterocycles. The minimum Gasteiger partial charge on any atom is -0.496 e. The fourth-order valence-corrected chi connectivity index (χ4v) is 4.34. The molecule has 1 amide bonds. The highest BCUT2D eigenvalue weighted by atomic mass is 35.5. The second-order valence-electron chi connectivity index (χ2n) is 7.42. The fourth-order valence-electron chi connectivity index (χ4n) is 3.32. The van der Waals surface area contributed by atoms with E-state index in [1.54, 1.807) is 38.3 Å². The number of benzene rings is 3. The minimum absolute atomic E-state index is 0.168. The Morgan fingerprint density at radius 2 is 1.79 bits per heavy atom. The summed E-state index contributed by atoms with van der Waals surface area (Å²) < 4.78 is 20.5. The lowest BCUT2D eigenvalue weighted by Gasteiger charge is -2.15. The molecular weight excluding hydrogens is 475 g/mol. The number of para-hydroxylation sites is 1. The van der Waals surface area contributed by atoms with Gasteiger partial charge in [-0.1, -0.05) is 47.6 Å². The summed E-state index contributed by atoms with van der Waals surface area (Å²) in [6.45, 7) is 2.11. The first kappa shape index (κ1) is 23.8. The van der Waals surface area contributed by atoms with Crippen molar-refractivity contribution in [2.24, 2.45) is 0 Å². The molecule has 0 spiro atoms. The quantitative estimate of drug-likeness (QED) is 0.325. The molecule has 4 aromatic rings. The van der Waals surface area contributed by atoms with Gasteiger partial charge >= 0.3 is 0 Å². The van der Waals surface area contributed by atoms with Crippen LogP contribution in [-0.4, -0.2) is 33.0 Å². The minimum atomic E-state index is -0.457. The zero-order valence-corrected chi connectivity index (χ0v) is 20.1. The van der Waals surface area contributed by atoms with Crippen molar-refractivity contribution in [3.8, 4) is 22.8 Å². The third kappa shape index (κ3) is 5.40. The third-order valence-corrected chi connectivity index (χ3v) is 6.39. The summed E-state index contributed by atoms with van der Waals surface area (Å²) in [6, 6.07) is 20.9. The highest BCUT2D eigenvalue weighted by Gasteiger charge is 2.23. The molecule has 0 saturated carbocycles. The monoisotopic (exact) mass is 496 g/mol. The lowest BCUT2D eigenvalue weighted by atomic mass is 10.2. The Hall–Kier alpha value is -3.36. The normalized spacial score (nSPS) is 11.8. The maximum Gasteiger partial charge on any atom is 0.233 e. The molecule has 1 N–H and O–H groups in total. The smallest absolute Gasteiger partial charge is 0.233 e. The van der Waals surface area contributed by atoms with Gasteiger partial charge in [0.25, 0.3) is 0 Å². The Labute approximate surface area is 206 Å². The van der Waals surface area contributed by atoms with Crippen LogP contribution in [0.4, 0.5) is 4.39 Å². The molecular formula is C25H22ClFN4O2S. The van der Waals surface area contributed by atoms with Crippen LogP contribution in [0.5, 0.6) is 5.75 Å². The van der Waals surface area contributed by atoms with Gasteiger partial charge in [-0.3, -0.25) is 9.36 Å². The highest BCUT2D eigenvalue weighted by molar-refractivity contribution is 8.00. The number of thioether (sulfide) groups is 1. The van der Waals surface area contributed by atoms with Gasteiger partial charge in [0.1, 0.15) is 11.6 Å². The molecule has 0 radical (unpaired) electrons. The predicted octanol–water partition coefficient (Wildman–Crippen LogP) is 5.53. The molecule has 174 valence electrons. The SMILES string of the molecule is COc1ccccc1-c1nnc(SC(C)C(=O)NCc2ccc(F)cc2)n1-c1ccc(Cl)cc1. The number of nitrogens with one attached hydrogen (secondary N) is 1. The van der Waals surface area contributed by atoms with E-state index in [0.29, 0.717) is 28.3 Å². The van der Waals surface area contributed by atoms with Crippen LogP contribution in [0.15, 0.2) is 78.0 Å². The molecule has 1 unspecified atom stereocenters. The van der Waals surface area contributed by atoms with E-state index in [9.17, 15) is 9.18 Å². The number of hydrogen-bond donors (Lipinski definition) is 1. The first-order chi connectivity index (χ1) is 16.5. The second kappa shape index (κ2) is 10.7. The lowest BCUT2D eigenvalue weighted by Crippen LogP contribution is -2.30. The van der Waals surface area contributed by atoms with Crippen LogP contribution in [0.1, 0.15) is 12.5 Å². The summed E-state index contributed by atoms with van der Waals surface area (Å²) >= 11 is 7.39. The first-order valence-corrected chi connectivity index (χ1v) is 11.8. The molecule has 0 aliphatic heterocycles. The molecule has 1 atom stereocenters. The maximum absolute atomic E-state index is 13.1. The summed E-state index contributed by atoms with van der Waals surface area (Å²) in [5, 5.41) is 12.4. The summed E-state index contributed by atoms with van der Waals surface area (Å²) in [5.41, 5.74) is 2.39. The topological polar surface area (TPSA) is 69.0 Å². The van der Waals surface area contributed by atoms with Crippen molar-refractivity contribution < 1.29 is 13.9 Å². The number of ether oxygens (including phenoxy) is 1. The van der Waals surface area contributed by atoms with Crippen molar-refractivity contribution in [2.75, 3.05) is 7.11 Å². The van der Waals surface area contributed by atoms with Crippen molar-refractivity contribution in [2.45, 2.75) is 23.9 Å². The molecule has 0 aliphatic carbocycles. The largest absolute Gasteiger partial charge is 0.496 e. The van der Waals surface area contributed by atoms with Crippen molar-refractivity contribution in [1.82, 2.24) is 20.1 Å². The number of halogens is 2. The van der Waals surface area contributed by atoms with Crippen LogP contribution >= 0.6 is 23.4 Å². The van der Waals surface area contributed by atoms with Gasteiger partial charge in [0.15, 0.2) is 11.0 Å². The van der Waals surface area contributed by atoms with E-state index in [0.717, 1.165) is 16.8 Å². The third-order valence-electron chi connectivity index (χ3n) is 5.10. The van der Waals surface area contributed by atoms with Gasteiger partial charge in [0.05, 0.1) is 17.9 Å². The number of nitrogens with zero attached hydrogens (tertiary/aromatic N) is 3. The van der Waals surface area contributed by atoms with E-state index in [2.05, 4.69) is 15.5 Å². The molecule has 0 fully saturated rings. The molecule has 6 nitrogen and oxygen atoms in total. The Kier molecular flexibility index (Phi) is 7.49. The van der Waals surface area contributed by atoms with Crippen LogP contribution in [0, 0.1) is 5.82 Å². The predicted molar refractivity (Wildman–Crippen MR) is 132 cm³/mol. The first-order valence-electron chi connectivity index (χ1n) is 10.5. The average Bonchev–Trinajstić information content (AvgIpc) is 3.27. The number of hydrogen-bond acceptors (Lipinski definition) is 5. The number of rotatable bonds is 8. The van der Waals surface area contributed by atoms with E-state index in [1.807, 2.05) is 41.0 Å². The van der Waals surface area contributed by atoms with E-state index in [1.165, 1.54) is 23.9 Å². The van der Waals surface area contributed by atoms with Crippen molar-refractivity contribution in [3.63, 3.8) is 0 Å². The molecule has 0 aliphatic rings. The van der Waals surface area contributed by atoms with Crippen molar-refractivity contribution in [3.05, 3.63) is 89.2 Å².